The molecule has 0 radical (unpaired) electrons. The Morgan fingerprint density at radius 1 is 1.50 bits per heavy atom. The molecule has 1 atom stereocenters. The van der Waals surface area contributed by atoms with E-state index >= 15 is 0 Å². The van der Waals surface area contributed by atoms with Crippen LogP contribution in [0.15, 0.2) is 0 Å². The van der Waals surface area contributed by atoms with Gasteiger partial charge in [0.05, 0.1) is 0 Å². The summed E-state index contributed by atoms with van der Waals surface area (Å²) in [6, 6.07) is -0.375. The van der Waals surface area contributed by atoms with Crippen LogP contribution in [0.2, 0.25) is 0 Å². The first-order valence-corrected chi connectivity index (χ1v) is 4.04. The predicted molar refractivity (Wildman–Crippen MR) is 51.8 cm³/mol. The van der Waals surface area contributed by atoms with E-state index in [0.29, 0.717) is 18.9 Å². The molecule has 0 aliphatic carbocycles. The first-order chi connectivity index (χ1) is 5.07. The summed E-state index contributed by atoms with van der Waals surface area (Å²) in [5, 5.41) is 11.6. The van der Waals surface area contributed by atoms with E-state index in [1.807, 2.05) is 20.8 Å². The molecule has 0 aliphatic rings. The maximum Gasteiger partial charge on any atom is 0.320 e. The van der Waals surface area contributed by atoms with E-state index in [9.17, 15) is 4.79 Å². The third-order valence-electron chi connectivity index (χ3n) is 1.46. The van der Waals surface area contributed by atoms with Crippen LogP contribution in [0.4, 0.5) is 0 Å². The Morgan fingerprint density at radius 2 is 2.00 bits per heavy atom. The molecule has 0 bridgehead atoms. The highest BCUT2D eigenvalue weighted by Crippen LogP contribution is 2.04. The van der Waals surface area contributed by atoms with Gasteiger partial charge in [-0.25, -0.2) is 0 Å². The summed E-state index contributed by atoms with van der Waals surface area (Å²) in [5.41, 5.74) is 0. The number of carboxylic acids is 1. The SMILES string of the molecule is CCN[C@@H](CC(C)C)C(=O)O.Cl. The number of carbonyl (C=O) groups is 1. The zero-order chi connectivity index (χ0) is 8.85. The van der Waals surface area contributed by atoms with Gasteiger partial charge < -0.3 is 10.4 Å². The second-order valence-corrected chi connectivity index (χ2v) is 3.08. The normalized spacial score (nSPS) is 12.3. The zero-order valence-corrected chi connectivity index (χ0v) is 8.65. The van der Waals surface area contributed by atoms with Gasteiger partial charge in [-0.2, -0.15) is 0 Å². The summed E-state index contributed by atoms with van der Waals surface area (Å²) in [7, 11) is 0. The smallest absolute Gasteiger partial charge is 0.320 e. The van der Waals surface area contributed by atoms with Crippen LogP contribution in [0, 0.1) is 5.92 Å². The maximum atomic E-state index is 10.6. The van der Waals surface area contributed by atoms with Gasteiger partial charge in [0.1, 0.15) is 6.04 Å². The van der Waals surface area contributed by atoms with E-state index in [2.05, 4.69) is 5.32 Å². The second kappa shape index (κ2) is 7.37. The van der Waals surface area contributed by atoms with Crippen molar-refractivity contribution in [2.75, 3.05) is 6.54 Å². The number of hydrogen-bond donors (Lipinski definition) is 2. The quantitative estimate of drug-likeness (QED) is 0.700. The van der Waals surface area contributed by atoms with Gasteiger partial charge >= 0.3 is 5.97 Å². The molecule has 0 amide bonds. The van der Waals surface area contributed by atoms with Crippen LogP contribution in [0.3, 0.4) is 0 Å². The molecular formula is C8H18ClNO2. The van der Waals surface area contributed by atoms with Crippen LogP contribution in [-0.4, -0.2) is 23.7 Å². The molecule has 0 rings (SSSR count). The van der Waals surface area contributed by atoms with Gasteiger partial charge in [0, 0.05) is 0 Å². The van der Waals surface area contributed by atoms with Crippen LogP contribution >= 0.6 is 12.4 Å². The van der Waals surface area contributed by atoms with Crippen LogP contribution in [0.25, 0.3) is 0 Å². The van der Waals surface area contributed by atoms with E-state index in [1.165, 1.54) is 0 Å². The molecule has 12 heavy (non-hydrogen) atoms. The molecule has 0 heterocycles. The molecule has 0 saturated carbocycles. The van der Waals surface area contributed by atoms with E-state index in [4.69, 9.17) is 5.11 Å². The summed E-state index contributed by atoms with van der Waals surface area (Å²) in [6.07, 6.45) is 0.698. The molecule has 0 aromatic rings. The fourth-order valence-corrected chi connectivity index (χ4v) is 0.989. The summed E-state index contributed by atoms with van der Waals surface area (Å²) in [4.78, 5) is 10.6. The molecule has 2 N–H and O–H groups in total. The molecule has 3 nitrogen and oxygen atoms in total. The third-order valence-corrected chi connectivity index (χ3v) is 1.46. The van der Waals surface area contributed by atoms with Crippen LogP contribution in [0.5, 0.6) is 0 Å². The standard InChI is InChI=1S/C8H17NO2.ClH/c1-4-9-7(8(10)11)5-6(2)3;/h6-7,9H,4-5H2,1-3H3,(H,10,11);1H/t7-;/m0./s1. The molecule has 0 saturated heterocycles. The van der Waals surface area contributed by atoms with E-state index in [0.717, 1.165) is 0 Å². The number of carboxylic acid groups (broad SMARTS) is 1. The van der Waals surface area contributed by atoms with Crippen molar-refractivity contribution in [1.29, 1.82) is 0 Å². The fourth-order valence-electron chi connectivity index (χ4n) is 0.989. The van der Waals surface area contributed by atoms with Crippen molar-refractivity contribution in [2.24, 2.45) is 5.92 Å². The second-order valence-electron chi connectivity index (χ2n) is 3.08. The number of nitrogens with one attached hydrogen (secondary N) is 1. The predicted octanol–water partition coefficient (Wildman–Crippen LogP) is 1.52. The Morgan fingerprint density at radius 3 is 2.25 bits per heavy atom. The number of halogens is 1. The molecule has 74 valence electrons. The first-order valence-electron chi connectivity index (χ1n) is 4.04. The van der Waals surface area contributed by atoms with Crippen molar-refractivity contribution in [3.63, 3.8) is 0 Å². The van der Waals surface area contributed by atoms with Gasteiger partial charge in [-0.15, -0.1) is 12.4 Å². The highest BCUT2D eigenvalue weighted by molar-refractivity contribution is 5.85. The minimum absolute atomic E-state index is 0. The average Bonchev–Trinajstić information content (AvgIpc) is 1.86. The molecule has 0 aromatic carbocycles. The van der Waals surface area contributed by atoms with Gasteiger partial charge in [-0.05, 0) is 18.9 Å². The van der Waals surface area contributed by atoms with Crippen molar-refractivity contribution in [3.8, 4) is 0 Å². The van der Waals surface area contributed by atoms with Crippen molar-refractivity contribution in [1.82, 2.24) is 5.32 Å². The summed E-state index contributed by atoms with van der Waals surface area (Å²) >= 11 is 0. The lowest BCUT2D eigenvalue weighted by atomic mass is 10.0. The fraction of sp³-hybridized carbons (Fsp3) is 0.875. The minimum atomic E-state index is -0.749. The molecule has 4 heteroatoms. The highest BCUT2D eigenvalue weighted by Gasteiger charge is 2.16. The monoisotopic (exact) mass is 195 g/mol. The Hall–Kier alpha value is -0.280. The Bertz CT molecular complexity index is 128. The van der Waals surface area contributed by atoms with Gasteiger partial charge in [0.25, 0.3) is 0 Å². The van der Waals surface area contributed by atoms with Crippen molar-refractivity contribution in [3.05, 3.63) is 0 Å². The van der Waals surface area contributed by atoms with Gasteiger partial charge in [-0.1, -0.05) is 20.8 Å². The summed E-state index contributed by atoms with van der Waals surface area (Å²) in [5.74, 6) is -0.323. The minimum Gasteiger partial charge on any atom is -0.480 e. The largest absolute Gasteiger partial charge is 0.480 e. The van der Waals surface area contributed by atoms with Crippen molar-refractivity contribution < 1.29 is 9.90 Å². The lowest BCUT2D eigenvalue weighted by Gasteiger charge is -2.14. The Kier molecular flexibility index (Phi) is 8.76. The number of likely N-dealkylation sites (N-methyl/N-ethyl adjacent to an activating group) is 1. The molecule has 0 spiro atoms. The number of rotatable bonds is 5. The third kappa shape index (κ3) is 6.43. The van der Waals surface area contributed by atoms with Crippen molar-refractivity contribution >= 4 is 18.4 Å². The topological polar surface area (TPSA) is 49.3 Å². The van der Waals surface area contributed by atoms with E-state index < -0.39 is 5.97 Å². The maximum absolute atomic E-state index is 10.6. The van der Waals surface area contributed by atoms with Crippen molar-refractivity contribution in [2.45, 2.75) is 33.2 Å². The van der Waals surface area contributed by atoms with Crippen LogP contribution in [0.1, 0.15) is 27.2 Å². The Labute approximate surface area is 80.0 Å². The summed E-state index contributed by atoms with van der Waals surface area (Å²) in [6.45, 7) is 6.67. The molecule has 0 aromatic heterocycles. The summed E-state index contributed by atoms with van der Waals surface area (Å²) < 4.78 is 0. The van der Waals surface area contributed by atoms with E-state index in [1.54, 1.807) is 0 Å². The molecular weight excluding hydrogens is 178 g/mol. The van der Waals surface area contributed by atoms with Crippen LogP contribution in [-0.2, 0) is 4.79 Å². The lowest BCUT2D eigenvalue weighted by molar-refractivity contribution is -0.139. The first kappa shape index (κ1) is 14.3. The molecule has 0 fully saturated rings. The number of aliphatic carboxylic acids is 1. The zero-order valence-electron chi connectivity index (χ0n) is 7.83. The van der Waals surface area contributed by atoms with Gasteiger partial charge in [0.2, 0.25) is 0 Å². The molecule has 0 unspecified atom stereocenters. The Balaban J connectivity index is 0. The van der Waals surface area contributed by atoms with Gasteiger partial charge in [-0.3, -0.25) is 4.79 Å². The highest BCUT2D eigenvalue weighted by atomic mass is 35.5. The average molecular weight is 196 g/mol. The lowest BCUT2D eigenvalue weighted by Crippen LogP contribution is -2.37. The van der Waals surface area contributed by atoms with E-state index in [-0.39, 0.29) is 18.4 Å². The van der Waals surface area contributed by atoms with Crippen LogP contribution < -0.4 is 5.32 Å². The van der Waals surface area contributed by atoms with Gasteiger partial charge in [0.15, 0.2) is 0 Å². The number of hydrogen-bond acceptors (Lipinski definition) is 2. The molecule has 0 aliphatic heterocycles.